The number of rotatable bonds is 8. The second-order valence-corrected chi connectivity index (χ2v) is 8.17. The van der Waals surface area contributed by atoms with Crippen molar-refractivity contribution in [3.05, 3.63) is 65.2 Å². The molecule has 174 valence electrons. The Kier molecular flexibility index (Phi) is 10.8. The molecule has 0 spiro atoms. The van der Waals surface area contributed by atoms with E-state index in [1.807, 2.05) is 24.3 Å². The van der Waals surface area contributed by atoms with E-state index in [4.69, 9.17) is 4.74 Å². The molecular formula is C25H35IN4O2. The van der Waals surface area contributed by atoms with Crippen molar-refractivity contribution in [2.75, 3.05) is 27.7 Å². The summed E-state index contributed by atoms with van der Waals surface area (Å²) >= 11 is 0. The minimum Gasteiger partial charge on any atom is -0.490 e. The molecule has 2 N–H and O–H groups in total. The Balaban J connectivity index is 0.00000363. The fourth-order valence-corrected chi connectivity index (χ4v) is 3.69. The number of halogens is 1. The molecule has 2 aromatic rings. The number of hydrogen-bond acceptors (Lipinski definition) is 3. The molecule has 2 aromatic carbocycles. The third kappa shape index (κ3) is 8.00. The molecule has 7 heteroatoms. The van der Waals surface area contributed by atoms with Gasteiger partial charge in [0.1, 0.15) is 5.75 Å². The van der Waals surface area contributed by atoms with E-state index in [9.17, 15) is 4.79 Å². The molecule has 0 atom stereocenters. The Bertz CT molecular complexity index is 861. The lowest BCUT2D eigenvalue weighted by Crippen LogP contribution is -2.37. The number of carbonyl (C=O) groups is 1. The maximum absolute atomic E-state index is 12.0. The number of ether oxygens (including phenoxy) is 1. The van der Waals surface area contributed by atoms with Crippen molar-refractivity contribution in [3.8, 4) is 5.75 Å². The van der Waals surface area contributed by atoms with Crippen LogP contribution in [0.4, 0.5) is 0 Å². The minimum atomic E-state index is 0. The highest BCUT2D eigenvalue weighted by atomic mass is 127. The number of carbonyl (C=O) groups excluding carboxylic acids is 1. The van der Waals surface area contributed by atoms with Crippen LogP contribution in [-0.2, 0) is 13.0 Å². The van der Waals surface area contributed by atoms with Crippen LogP contribution in [0.2, 0.25) is 0 Å². The van der Waals surface area contributed by atoms with E-state index in [2.05, 4.69) is 39.9 Å². The lowest BCUT2D eigenvalue weighted by molar-refractivity contribution is 0.0827. The Morgan fingerprint density at radius 3 is 2.22 bits per heavy atom. The summed E-state index contributed by atoms with van der Waals surface area (Å²) < 4.78 is 6.03. The van der Waals surface area contributed by atoms with Crippen LogP contribution in [0.5, 0.6) is 5.75 Å². The van der Waals surface area contributed by atoms with Crippen LogP contribution < -0.4 is 15.4 Å². The van der Waals surface area contributed by atoms with Crippen molar-refractivity contribution in [1.82, 2.24) is 15.5 Å². The van der Waals surface area contributed by atoms with Gasteiger partial charge in [0, 0.05) is 39.8 Å². The standard InChI is InChI=1S/C25H34N4O2.HI/c1-26-25(28-18-20-8-12-21(13-9-20)24(30)29(2)3)27-17-16-19-10-14-23(15-11-19)31-22-6-4-5-7-22;/h8-15,22H,4-7,16-18H2,1-3H3,(H2,26,27,28);1H. The molecule has 0 unspecified atom stereocenters. The topological polar surface area (TPSA) is 66.0 Å². The van der Waals surface area contributed by atoms with Gasteiger partial charge in [-0.3, -0.25) is 9.79 Å². The maximum Gasteiger partial charge on any atom is 0.253 e. The number of benzene rings is 2. The van der Waals surface area contributed by atoms with Gasteiger partial charge in [-0.1, -0.05) is 24.3 Å². The largest absolute Gasteiger partial charge is 0.490 e. The van der Waals surface area contributed by atoms with Gasteiger partial charge in [0.25, 0.3) is 5.91 Å². The molecular weight excluding hydrogens is 515 g/mol. The molecule has 1 aliphatic carbocycles. The fourth-order valence-electron chi connectivity index (χ4n) is 3.69. The molecule has 1 fully saturated rings. The van der Waals surface area contributed by atoms with E-state index in [0.29, 0.717) is 18.2 Å². The van der Waals surface area contributed by atoms with Gasteiger partial charge in [-0.2, -0.15) is 0 Å². The van der Waals surface area contributed by atoms with Crippen LogP contribution in [0, 0.1) is 0 Å². The summed E-state index contributed by atoms with van der Waals surface area (Å²) in [6.07, 6.45) is 6.22. The Morgan fingerprint density at radius 2 is 1.62 bits per heavy atom. The summed E-state index contributed by atoms with van der Waals surface area (Å²) in [6, 6.07) is 16.1. The zero-order valence-electron chi connectivity index (χ0n) is 19.3. The number of hydrogen-bond donors (Lipinski definition) is 2. The van der Waals surface area contributed by atoms with Crippen LogP contribution >= 0.6 is 24.0 Å². The number of amides is 1. The van der Waals surface area contributed by atoms with Gasteiger partial charge >= 0.3 is 0 Å². The van der Waals surface area contributed by atoms with Crippen LogP contribution in [0.25, 0.3) is 0 Å². The lowest BCUT2D eigenvalue weighted by atomic mass is 10.1. The predicted octanol–water partition coefficient (Wildman–Crippen LogP) is 4.24. The van der Waals surface area contributed by atoms with Gasteiger partial charge in [0.05, 0.1) is 6.10 Å². The summed E-state index contributed by atoms with van der Waals surface area (Å²) in [4.78, 5) is 17.8. The first-order valence-electron chi connectivity index (χ1n) is 11.1. The van der Waals surface area contributed by atoms with E-state index in [1.54, 1.807) is 26.0 Å². The molecule has 1 amide bonds. The molecule has 1 saturated carbocycles. The number of guanidine groups is 1. The summed E-state index contributed by atoms with van der Waals surface area (Å²) in [6.45, 7) is 1.43. The van der Waals surface area contributed by atoms with E-state index < -0.39 is 0 Å². The van der Waals surface area contributed by atoms with Crippen molar-refractivity contribution in [2.24, 2.45) is 4.99 Å². The molecule has 0 aromatic heterocycles. The van der Waals surface area contributed by atoms with E-state index in [1.165, 1.54) is 31.2 Å². The molecule has 1 aliphatic rings. The highest BCUT2D eigenvalue weighted by Crippen LogP contribution is 2.24. The third-order valence-electron chi connectivity index (χ3n) is 5.53. The summed E-state index contributed by atoms with van der Waals surface area (Å²) in [5.41, 5.74) is 3.05. The van der Waals surface area contributed by atoms with E-state index >= 15 is 0 Å². The smallest absolute Gasteiger partial charge is 0.253 e. The quantitative estimate of drug-likeness (QED) is 0.293. The van der Waals surface area contributed by atoms with Crippen LogP contribution in [-0.4, -0.2) is 50.6 Å². The van der Waals surface area contributed by atoms with Gasteiger partial charge in [-0.15, -0.1) is 24.0 Å². The average Bonchev–Trinajstić information content (AvgIpc) is 3.30. The molecule has 0 saturated heterocycles. The number of nitrogens with one attached hydrogen (secondary N) is 2. The first kappa shape index (κ1) is 26.0. The normalized spacial score (nSPS) is 13.9. The molecule has 0 aliphatic heterocycles. The highest BCUT2D eigenvalue weighted by molar-refractivity contribution is 14.0. The maximum atomic E-state index is 12.0. The average molecular weight is 550 g/mol. The van der Waals surface area contributed by atoms with Crippen molar-refractivity contribution in [3.63, 3.8) is 0 Å². The van der Waals surface area contributed by atoms with Crippen molar-refractivity contribution in [2.45, 2.75) is 44.8 Å². The van der Waals surface area contributed by atoms with Crippen LogP contribution in [0.3, 0.4) is 0 Å². The van der Waals surface area contributed by atoms with Gasteiger partial charge < -0.3 is 20.3 Å². The second-order valence-electron chi connectivity index (χ2n) is 8.17. The number of nitrogens with zero attached hydrogens (tertiary/aromatic N) is 2. The van der Waals surface area contributed by atoms with Gasteiger partial charge in [-0.25, -0.2) is 0 Å². The molecule has 0 radical (unpaired) electrons. The van der Waals surface area contributed by atoms with Crippen LogP contribution in [0.15, 0.2) is 53.5 Å². The zero-order chi connectivity index (χ0) is 22.1. The predicted molar refractivity (Wildman–Crippen MR) is 141 cm³/mol. The highest BCUT2D eigenvalue weighted by Gasteiger charge is 2.16. The molecule has 3 rings (SSSR count). The molecule has 32 heavy (non-hydrogen) atoms. The van der Waals surface area contributed by atoms with E-state index in [0.717, 1.165) is 30.2 Å². The monoisotopic (exact) mass is 550 g/mol. The Hall–Kier alpha value is -2.29. The zero-order valence-corrected chi connectivity index (χ0v) is 21.6. The molecule has 0 bridgehead atoms. The Morgan fingerprint density at radius 1 is 1.00 bits per heavy atom. The van der Waals surface area contributed by atoms with Gasteiger partial charge in [0.2, 0.25) is 0 Å². The van der Waals surface area contributed by atoms with Crippen molar-refractivity contribution >= 4 is 35.8 Å². The third-order valence-corrected chi connectivity index (χ3v) is 5.53. The molecule has 0 heterocycles. The summed E-state index contributed by atoms with van der Waals surface area (Å²) in [5.74, 6) is 1.74. The summed E-state index contributed by atoms with van der Waals surface area (Å²) in [5, 5.41) is 6.67. The minimum absolute atomic E-state index is 0. The van der Waals surface area contributed by atoms with Crippen molar-refractivity contribution < 1.29 is 9.53 Å². The Labute approximate surface area is 208 Å². The summed E-state index contributed by atoms with van der Waals surface area (Å²) in [7, 11) is 5.28. The van der Waals surface area contributed by atoms with Gasteiger partial charge in [0.15, 0.2) is 5.96 Å². The first-order chi connectivity index (χ1) is 15.0. The number of aliphatic imine (C=N–C) groups is 1. The SMILES string of the molecule is CN=C(NCCc1ccc(OC2CCCC2)cc1)NCc1ccc(C(=O)N(C)C)cc1.I. The molecule has 6 nitrogen and oxygen atoms in total. The van der Waals surface area contributed by atoms with Crippen LogP contribution in [0.1, 0.15) is 47.2 Å². The van der Waals surface area contributed by atoms with Gasteiger partial charge in [-0.05, 0) is 67.5 Å². The fraction of sp³-hybridized carbons (Fsp3) is 0.440. The first-order valence-corrected chi connectivity index (χ1v) is 11.1. The van der Waals surface area contributed by atoms with Crippen molar-refractivity contribution in [1.29, 1.82) is 0 Å². The van der Waals surface area contributed by atoms with E-state index in [-0.39, 0.29) is 29.9 Å². The second kappa shape index (κ2) is 13.3. The lowest BCUT2D eigenvalue weighted by Gasteiger charge is -2.14.